The number of carbonyl (C=O) groups is 1. The summed E-state index contributed by atoms with van der Waals surface area (Å²) < 4.78 is 11.2. The van der Waals surface area contributed by atoms with Crippen LogP contribution in [0.1, 0.15) is 41.1 Å². The minimum Gasteiger partial charge on any atom is -0.497 e. The number of hydrogen-bond acceptors (Lipinski definition) is 5. The van der Waals surface area contributed by atoms with Gasteiger partial charge in [-0.25, -0.2) is 4.79 Å². The Balaban J connectivity index is 1.65. The summed E-state index contributed by atoms with van der Waals surface area (Å²) in [7, 11) is 1.62. The van der Waals surface area contributed by atoms with Crippen LogP contribution >= 0.6 is 0 Å². The molecule has 1 unspecified atom stereocenters. The van der Waals surface area contributed by atoms with E-state index in [4.69, 9.17) is 14.2 Å². The van der Waals surface area contributed by atoms with E-state index in [1.54, 1.807) is 12.0 Å². The average Bonchev–Trinajstić information content (AvgIpc) is 3.36. The number of rotatable bonds is 5. The number of urea groups is 1. The molecule has 0 spiro atoms. The first-order chi connectivity index (χ1) is 17.4. The molecule has 1 N–H and O–H groups in total. The van der Waals surface area contributed by atoms with Gasteiger partial charge in [0.05, 0.1) is 24.4 Å². The molecule has 7 nitrogen and oxygen atoms in total. The van der Waals surface area contributed by atoms with Gasteiger partial charge >= 0.3 is 6.03 Å². The van der Waals surface area contributed by atoms with Crippen LogP contribution in [0.2, 0.25) is 0 Å². The van der Waals surface area contributed by atoms with Crippen molar-refractivity contribution in [1.29, 1.82) is 0 Å². The lowest BCUT2D eigenvalue weighted by molar-refractivity contribution is 0.244. The van der Waals surface area contributed by atoms with Crippen LogP contribution in [0.3, 0.4) is 0 Å². The van der Waals surface area contributed by atoms with E-state index in [9.17, 15) is 4.79 Å². The van der Waals surface area contributed by atoms with E-state index in [2.05, 4.69) is 36.5 Å². The van der Waals surface area contributed by atoms with Gasteiger partial charge in [0.2, 0.25) is 5.82 Å². The first-order valence-corrected chi connectivity index (χ1v) is 11.8. The van der Waals surface area contributed by atoms with Gasteiger partial charge in [-0.2, -0.15) is 4.98 Å². The van der Waals surface area contributed by atoms with Crippen molar-refractivity contribution in [3.05, 3.63) is 101 Å². The van der Waals surface area contributed by atoms with Crippen LogP contribution in [-0.2, 0) is 0 Å². The number of anilines is 1. The second-order valence-corrected chi connectivity index (χ2v) is 9.05. The van der Waals surface area contributed by atoms with Gasteiger partial charge in [0.25, 0.3) is 5.89 Å². The SMILES string of the molecule is COc1cccc(-c2noc(C3=C(C)N(c4ccc(C)cc4)C(=O)NC3c3ccc(C)c(C)c3)n2)c1. The molecule has 7 heteroatoms. The second kappa shape index (κ2) is 9.34. The summed E-state index contributed by atoms with van der Waals surface area (Å²) in [6.45, 7) is 8.06. The predicted octanol–water partition coefficient (Wildman–Crippen LogP) is 6.37. The number of methoxy groups -OCH3 is 1. The number of nitrogens with zero attached hydrogens (tertiary/aromatic N) is 3. The lowest BCUT2D eigenvalue weighted by atomic mass is 9.92. The lowest BCUT2D eigenvalue weighted by Gasteiger charge is -2.35. The van der Waals surface area contributed by atoms with E-state index in [1.165, 1.54) is 5.56 Å². The Kier molecular flexibility index (Phi) is 6.06. The smallest absolute Gasteiger partial charge is 0.326 e. The molecule has 0 saturated heterocycles. The fourth-order valence-electron chi connectivity index (χ4n) is 4.43. The van der Waals surface area contributed by atoms with Crippen molar-refractivity contribution in [3.63, 3.8) is 0 Å². The highest BCUT2D eigenvalue weighted by atomic mass is 16.5. The molecule has 182 valence electrons. The molecular formula is C29H28N4O3. The van der Waals surface area contributed by atoms with E-state index in [0.29, 0.717) is 17.5 Å². The Morgan fingerprint density at radius 3 is 2.44 bits per heavy atom. The molecular weight excluding hydrogens is 452 g/mol. The van der Waals surface area contributed by atoms with Gasteiger partial charge in [0, 0.05) is 11.3 Å². The number of ether oxygens (including phenoxy) is 1. The molecule has 1 aliphatic rings. The van der Waals surface area contributed by atoms with Crippen LogP contribution in [0.15, 0.2) is 77.0 Å². The second-order valence-electron chi connectivity index (χ2n) is 9.05. The number of aryl methyl sites for hydroxylation is 3. The summed E-state index contributed by atoms with van der Waals surface area (Å²) in [5.41, 5.74) is 7.41. The van der Waals surface area contributed by atoms with Crippen LogP contribution in [0.5, 0.6) is 5.75 Å². The van der Waals surface area contributed by atoms with Crippen molar-refractivity contribution in [2.24, 2.45) is 0 Å². The Morgan fingerprint density at radius 1 is 0.944 bits per heavy atom. The number of aromatic nitrogens is 2. The van der Waals surface area contributed by atoms with Gasteiger partial charge in [0.15, 0.2) is 0 Å². The van der Waals surface area contributed by atoms with Crippen LogP contribution in [0.4, 0.5) is 10.5 Å². The quantitative estimate of drug-likeness (QED) is 0.359. The standard InChI is InChI=1S/C29H28N4O3/c1-17-9-13-23(14-10-17)33-20(4)25(26(30-29(33)34)21-12-11-18(2)19(3)15-21)28-31-27(32-36-28)22-7-6-8-24(16-22)35-5/h6-16,26H,1-5H3,(H,30,34). The van der Waals surface area contributed by atoms with E-state index >= 15 is 0 Å². The van der Waals surface area contributed by atoms with Crippen LogP contribution < -0.4 is 15.0 Å². The van der Waals surface area contributed by atoms with Crippen molar-refractivity contribution in [2.75, 3.05) is 12.0 Å². The maximum absolute atomic E-state index is 13.4. The van der Waals surface area contributed by atoms with Gasteiger partial charge in [-0.05, 0) is 68.7 Å². The Morgan fingerprint density at radius 2 is 1.72 bits per heavy atom. The van der Waals surface area contributed by atoms with E-state index in [0.717, 1.165) is 39.2 Å². The third-order valence-electron chi connectivity index (χ3n) is 6.63. The molecule has 1 aromatic heterocycles. The summed E-state index contributed by atoms with van der Waals surface area (Å²) in [5, 5.41) is 7.42. The molecule has 0 saturated carbocycles. The molecule has 2 heterocycles. The van der Waals surface area contributed by atoms with Crippen LogP contribution in [0, 0.1) is 20.8 Å². The fourth-order valence-corrected chi connectivity index (χ4v) is 4.43. The molecule has 3 aromatic carbocycles. The fraction of sp³-hybridized carbons (Fsp3) is 0.207. The van der Waals surface area contributed by atoms with Gasteiger partial charge in [-0.15, -0.1) is 0 Å². The van der Waals surface area contributed by atoms with E-state index in [-0.39, 0.29) is 6.03 Å². The van der Waals surface area contributed by atoms with E-state index < -0.39 is 6.04 Å². The monoisotopic (exact) mass is 480 g/mol. The summed E-state index contributed by atoms with van der Waals surface area (Å²) in [6.07, 6.45) is 0. The van der Waals surface area contributed by atoms with Gasteiger partial charge in [-0.3, -0.25) is 4.90 Å². The first kappa shape index (κ1) is 23.4. The zero-order valence-electron chi connectivity index (χ0n) is 21.0. The first-order valence-electron chi connectivity index (χ1n) is 11.8. The minimum absolute atomic E-state index is 0.212. The van der Waals surface area contributed by atoms with Crippen molar-refractivity contribution in [3.8, 4) is 17.1 Å². The molecule has 36 heavy (non-hydrogen) atoms. The average molecular weight is 481 g/mol. The molecule has 0 bridgehead atoms. The lowest BCUT2D eigenvalue weighted by Crippen LogP contribution is -2.46. The highest BCUT2D eigenvalue weighted by Gasteiger charge is 2.36. The summed E-state index contributed by atoms with van der Waals surface area (Å²) in [4.78, 5) is 19.8. The normalized spacial score (nSPS) is 15.8. The van der Waals surface area contributed by atoms with Crippen molar-refractivity contribution in [1.82, 2.24) is 15.5 Å². The number of carbonyl (C=O) groups excluding carboxylic acids is 1. The molecule has 1 aliphatic heterocycles. The van der Waals surface area contributed by atoms with Gasteiger partial charge in [-0.1, -0.05) is 53.2 Å². The molecule has 4 aromatic rings. The number of allylic oxidation sites excluding steroid dienone is 1. The number of amides is 2. The molecule has 0 radical (unpaired) electrons. The molecule has 0 aliphatic carbocycles. The maximum atomic E-state index is 13.4. The zero-order chi connectivity index (χ0) is 25.4. The van der Waals surface area contributed by atoms with Crippen molar-refractivity contribution >= 4 is 17.3 Å². The summed E-state index contributed by atoms with van der Waals surface area (Å²) in [6, 6.07) is 20.9. The number of benzene rings is 3. The van der Waals surface area contributed by atoms with Gasteiger partial charge < -0.3 is 14.6 Å². The number of nitrogens with one attached hydrogen (secondary N) is 1. The summed E-state index contributed by atoms with van der Waals surface area (Å²) >= 11 is 0. The Labute approximate surface area is 210 Å². The molecule has 1 atom stereocenters. The molecule has 5 rings (SSSR count). The maximum Gasteiger partial charge on any atom is 0.326 e. The third-order valence-corrected chi connectivity index (χ3v) is 6.63. The van der Waals surface area contributed by atoms with Crippen LogP contribution in [-0.4, -0.2) is 23.3 Å². The van der Waals surface area contributed by atoms with Crippen molar-refractivity contribution < 1.29 is 14.1 Å². The van der Waals surface area contributed by atoms with Gasteiger partial charge in [0.1, 0.15) is 5.75 Å². The Hall–Kier alpha value is -4.39. The number of hydrogen-bond donors (Lipinski definition) is 1. The topological polar surface area (TPSA) is 80.5 Å². The summed E-state index contributed by atoms with van der Waals surface area (Å²) in [5.74, 6) is 1.50. The molecule has 2 amide bonds. The largest absolute Gasteiger partial charge is 0.497 e. The third kappa shape index (κ3) is 4.24. The highest BCUT2D eigenvalue weighted by molar-refractivity contribution is 6.01. The zero-order valence-corrected chi connectivity index (χ0v) is 21.0. The van der Waals surface area contributed by atoms with Crippen LogP contribution in [0.25, 0.3) is 17.0 Å². The Bertz CT molecular complexity index is 1470. The minimum atomic E-state index is -0.447. The predicted molar refractivity (Wildman–Crippen MR) is 140 cm³/mol. The van der Waals surface area contributed by atoms with E-state index in [1.807, 2.05) is 68.4 Å². The molecule has 0 fully saturated rings. The highest BCUT2D eigenvalue weighted by Crippen LogP contribution is 2.39. The van der Waals surface area contributed by atoms with Crippen molar-refractivity contribution in [2.45, 2.75) is 33.7 Å².